The van der Waals surface area contributed by atoms with Crippen LogP contribution in [0.1, 0.15) is 18.5 Å². The average molecular weight is 178 g/mol. The molecule has 3 nitrogen and oxygen atoms in total. The Kier molecular flexibility index (Phi) is 2.08. The maximum absolute atomic E-state index is 5.16. The molecular weight excluding hydrogens is 164 g/mol. The minimum Gasteiger partial charge on any atom is -0.497 e. The lowest BCUT2D eigenvalue weighted by Crippen LogP contribution is -2.03. The van der Waals surface area contributed by atoms with Gasteiger partial charge in [-0.2, -0.15) is 0 Å². The smallest absolute Gasteiger partial charge is 0.130 e. The highest BCUT2D eigenvalue weighted by atomic mass is 16.5. The summed E-state index contributed by atoms with van der Waals surface area (Å²) >= 11 is 0. The maximum Gasteiger partial charge on any atom is 0.130 e. The Bertz CT molecular complexity index is 308. The Morgan fingerprint density at radius 2 is 2.23 bits per heavy atom. The molecule has 1 saturated carbocycles. The van der Waals surface area contributed by atoms with Crippen molar-refractivity contribution in [3.8, 4) is 5.75 Å². The minimum atomic E-state index is 0.638. The molecule has 1 fully saturated rings. The molecule has 0 atom stereocenters. The van der Waals surface area contributed by atoms with Crippen molar-refractivity contribution < 1.29 is 4.74 Å². The van der Waals surface area contributed by atoms with Crippen molar-refractivity contribution in [3.05, 3.63) is 17.8 Å². The maximum atomic E-state index is 5.16. The molecule has 0 bridgehead atoms. The highest BCUT2D eigenvalue weighted by molar-refractivity contribution is 5.44. The van der Waals surface area contributed by atoms with Gasteiger partial charge in [0.05, 0.1) is 7.11 Å². The van der Waals surface area contributed by atoms with Gasteiger partial charge in [0.25, 0.3) is 0 Å². The quantitative estimate of drug-likeness (QED) is 0.768. The fourth-order valence-corrected chi connectivity index (χ4v) is 1.27. The number of aryl methyl sites for hydroxylation is 1. The van der Waals surface area contributed by atoms with Crippen LogP contribution >= 0.6 is 0 Å². The van der Waals surface area contributed by atoms with E-state index >= 15 is 0 Å². The Balaban J connectivity index is 2.17. The molecule has 0 aromatic carbocycles. The summed E-state index contributed by atoms with van der Waals surface area (Å²) < 4.78 is 5.16. The van der Waals surface area contributed by atoms with Crippen molar-refractivity contribution in [2.45, 2.75) is 25.8 Å². The molecule has 0 saturated heterocycles. The van der Waals surface area contributed by atoms with Gasteiger partial charge in [-0.1, -0.05) is 0 Å². The van der Waals surface area contributed by atoms with Crippen LogP contribution in [-0.2, 0) is 0 Å². The largest absolute Gasteiger partial charge is 0.497 e. The standard InChI is InChI=1S/C10H14N2O/c1-7-5-9(13-2)6-10(11-7)12-8-3-4-8/h5-6,8H,3-4H2,1-2H3,(H,11,12). The highest BCUT2D eigenvalue weighted by Gasteiger charge is 2.21. The van der Waals surface area contributed by atoms with Crippen LogP contribution in [0.4, 0.5) is 5.82 Å². The van der Waals surface area contributed by atoms with Gasteiger partial charge in [0.2, 0.25) is 0 Å². The SMILES string of the molecule is COc1cc(C)nc(NC2CC2)c1. The van der Waals surface area contributed by atoms with E-state index in [1.54, 1.807) is 7.11 Å². The molecule has 1 aliphatic rings. The number of rotatable bonds is 3. The molecule has 2 rings (SSSR count). The Morgan fingerprint density at radius 1 is 1.46 bits per heavy atom. The van der Waals surface area contributed by atoms with Gasteiger partial charge in [-0.15, -0.1) is 0 Å². The first kappa shape index (κ1) is 8.35. The average Bonchev–Trinajstić information content (AvgIpc) is 2.87. The van der Waals surface area contributed by atoms with E-state index < -0.39 is 0 Å². The second kappa shape index (κ2) is 3.24. The first-order chi connectivity index (χ1) is 6.28. The van der Waals surface area contributed by atoms with Crippen LogP contribution in [0.3, 0.4) is 0 Å². The zero-order chi connectivity index (χ0) is 9.26. The molecule has 1 aromatic rings. The van der Waals surface area contributed by atoms with Crippen molar-refractivity contribution in [1.82, 2.24) is 4.98 Å². The number of nitrogens with zero attached hydrogens (tertiary/aromatic N) is 1. The fourth-order valence-electron chi connectivity index (χ4n) is 1.27. The molecule has 1 heterocycles. The van der Waals surface area contributed by atoms with Gasteiger partial charge in [-0.25, -0.2) is 4.98 Å². The van der Waals surface area contributed by atoms with E-state index in [2.05, 4.69) is 10.3 Å². The number of aromatic nitrogens is 1. The predicted octanol–water partition coefficient (Wildman–Crippen LogP) is 1.97. The number of ether oxygens (including phenoxy) is 1. The topological polar surface area (TPSA) is 34.1 Å². The molecule has 1 aliphatic carbocycles. The fraction of sp³-hybridized carbons (Fsp3) is 0.500. The lowest BCUT2D eigenvalue weighted by Gasteiger charge is -2.06. The van der Waals surface area contributed by atoms with Crippen LogP contribution in [0, 0.1) is 6.92 Å². The molecule has 0 spiro atoms. The molecular formula is C10H14N2O. The van der Waals surface area contributed by atoms with Crippen molar-refractivity contribution in [2.24, 2.45) is 0 Å². The third-order valence-electron chi connectivity index (χ3n) is 2.09. The van der Waals surface area contributed by atoms with E-state index in [-0.39, 0.29) is 0 Å². The second-order valence-corrected chi connectivity index (χ2v) is 3.45. The summed E-state index contributed by atoms with van der Waals surface area (Å²) in [7, 11) is 1.68. The van der Waals surface area contributed by atoms with Crippen LogP contribution in [0.25, 0.3) is 0 Å². The van der Waals surface area contributed by atoms with Crippen LogP contribution in [-0.4, -0.2) is 18.1 Å². The summed E-state index contributed by atoms with van der Waals surface area (Å²) in [6, 6.07) is 4.50. The first-order valence-electron chi connectivity index (χ1n) is 4.57. The van der Waals surface area contributed by atoms with Crippen molar-refractivity contribution in [2.75, 3.05) is 12.4 Å². The summed E-state index contributed by atoms with van der Waals surface area (Å²) in [6.07, 6.45) is 2.52. The molecule has 0 aliphatic heterocycles. The van der Waals surface area contributed by atoms with Gasteiger partial charge in [0.15, 0.2) is 0 Å². The van der Waals surface area contributed by atoms with Gasteiger partial charge in [-0.3, -0.25) is 0 Å². The van der Waals surface area contributed by atoms with E-state index in [0.717, 1.165) is 17.3 Å². The molecule has 1 N–H and O–H groups in total. The first-order valence-corrected chi connectivity index (χ1v) is 4.57. The molecule has 70 valence electrons. The number of methoxy groups -OCH3 is 1. The van der Waals surface area contributed by atoms with Gasteiger partial charge >= 0.3 is 0 Å². The molecule has 1 aromatic heterocycles. The summed E-state index contributed by atoms with van der Waals surface area (Å²) in [5.74, 6) is 1.80. The predicted molar refractivity (Wildman–Crippen MR) is 52.2 cm³/mol. The van der Waals surface area contributed by atoms with Gasteiger partial charge in [0.1, 0.15) is 11.6 Å². The number of hydrogen-bond donors (Lipinski definition) is 1. The van der Waals surface area contributed by atoms with Gasteiger partial charge in [0, 0.05) is 23.9 Å². The van der Waals surface area contributed by atoms with Crippen molar-refractivity contribution in [3.63, 3.8) is 0 Å². The minimum absolute atomic E-state index is 0.638. The Hall–Kier alpha value is -1.25. The summed E-state index contributed by atoms with van der Waals surface area (Å²) in [5.41, 5.74) is 0.988. The van der Waals surface area contributed by atoms with Crippen LogP contribution < -0.4 is 10.1 Å². The Labute approximate surface area is 78.1 Å². The van der Waals surface area contributed by atoms with E-state index in [0.29, 0.717) is 6.04 Å². The van der Waals surface area contributed by atoms with Crippen LogP contribution in [0.2, 0.25) is 0 Å². The highest BCUT2D eigenvalue weighted by Crippen LogP contribution is 2.25. The van der Waals surface area contributed by atoms with Gasteiger partial charge in [-0.05, 0) is 19.8 Å². The Morgan fingerprint density at radius 3 is 2.85 bits per heavy atom. The second-order valence-electron chi connectivity index (χ2n) is 3.45. The van der Waals surface area contributed by atoms with E-state index in [1.807, 2.05) is 19.1 Å². The zero-order valence-corrected chi connectivity index (χ0v) is 8.00. The summed E-state index contributed by atoms with van der Waals surface area (Å²) in [4.78, 5) is 4.37. The van der Waals surface area contributed by atoms with Gasteiger partial charge < -0.3 is 10.1 Å². The summed E-state index contributed by atoms with van der Waals surface area (Å²) in [6.45, 7) is 1.97. The molecule has 0 amide bonds. The van der Waals surface area contributed by atoms with Crippen LogP contribution in [0.5, 0.6) is 5.75 Å². The normalized spacial score (nSPS) is 15.5. The van der Waals surface area contributed by atoms with Crippen molar-refractivity contribution >= 4 is 5.82 Å². The number of anilines is 1. The van der Waals surface area contributed by atoms with Crippen molar-refractivity contribution in [1.29, 1.82) is 0 Å². The summed E-state index contributed by atoms with van der Waals surface area (Å²) in [5, 5.41) is 3.34. The number of hydrogen-bond acceptors (Lipinski definition) is 3. The van der Waals surface area contributed by atoms with E-state index in [9.17, 15) is 0 Å². The number of pyridine rings is 1. The van der Waals surface area contributed by atoms with Crippen LogP contribution in [0.15, 0.2) is 12.1 Å². The molecule has 0 unspecified atom stereocenters. The number of nitrogens with one attached hydrogen (secondary N) is 1. The third-order valence-corrected chi connectivity index (χ3v) is 2.09. The third kappa shape index (κ3) is 2.11. The lowest BCUT2D eigenvalue weighted by molar-refractivity contribution is 0.414. The lowest BCUT2D eigenvalue weighted by atomic mass is 10.3. The molecule has 0 radical (unpaired) electrons. The zero-order valence-electron chi connectivity index (χ0n) is 8.00. The van der Waals surface area contributed by atoms with E-state index in [4.69, 9.17) is 4.74 Å². The molecule has 13 heavy (non-hydrogen) atoms. The van der Waals surface area contributed by atoms with E-state index in [1.165, 1.54) is 12.8 Å². The molecule has 3 heteroatoms. The monoisotopic (exact) mass is 178 g/mol.